The van der Waals surface area contributed by atoms with Crippen molar-refractivity contribution in [2.24, 2.45) is 5.92 Å². The SMILES string of the molecule is C/C=C/C(C)Cc1c(F)cccc1F. The van der Waals surface area contributed by atoms with Gasteiger partial charge in [0.15, 0.2) is 0 Å². The number of hydrogen-bond donors (Lipinski definition) is 0. The number of allylic oxidation sites excluding steroid dienone is 2. The maximum Gasteiger partial charge on any atom is 0.129 e. The van der Waals surface area contributed by atoms with Gasteiger partial charge in [-0.2, -0.15) is 0 Å². The molecular formula is C12H14F2. The van der Waals surface area contributed by atoms with Crippen LogP contribution in [0.3, 0.4) is 0 Å². The van der Waals surface area contributed by atoms with Crippen molar-refractivity contribution in [3.63, 3.8) is 0 Å². The van der Waals surface area contributed by atoms with E-state index in [0.29, 0.717) is 6.42 Å². The number of hydrogen-bond acceptors (Lipinski definition) is 0. The maximum absolute atomic E-state index is 13.2. The van der Waals surface area contributed by atoms with Crippen LogP contribution in [0.1, 0.15) is 19.4 Å². The van der Waals surface area contributed by atoms with E-state index < -0.39 is 11.6 Å². The summed E-state index contributed by atoms with van der Waals surface area (Å²) < 4.78 is 26.4. The minimum Gasteiger partial charge on any atom is -0.207 e. The fraction of sp³-hybridized carbons (Fsp3) is 0.333. The van der Waals surface area contributed by atoms with E-state index in [1.165, 1.54) is 18.2 Å². The van der Waals surface area contributed by atoms with Crippen LogP contribution in [0.25, 0.3) is 0 Å². The van der Waals surface area contributed by atoms with Gasteiger partial charge in [0.2, 0.25) is 0 Å². The quantitative estimate of drug-likeness (QED) is 0.646. The number of rotatable bonds is 3. The average molecular weight is 196 g/mol. The molecule has 14 heavy (non-hydrogen) atoms. The van der Waals surface area contributed by atoms with Crippen molar-refractivity contribution in [3.05, 3.63) is 47.5 Å². The molecule has 0 spiro atoms. The van der Waals surface area contributed by atoms with Gasteiger partial charge in [-0.25, -0.2) is 8.78 Å². The summed E-state index contributed by atoms with van der Waals surface area (Å²) in [5, 5.41) is 0. The second-order valence-corrected chi connectivity index (χ2v) is 3.41. The maximum atomic E-state index is 13.2. The fourth-order valence-corrected chi connectivity index (χ4v) is 1.45. The highest BCUT2D eigenvalue weighted by molar-refractivity contribution is 5.20. The van der Waals surface area contributed by atoms with Crippen LogP contribution in [0.15, 0.2) is 30.4 Å². The van der Waals surface area contributed by atoms with Crippen molar-refractivity contribution in [1.29, 1.82) is 0 Å². The predicted octanol–water partition coefficient (Wildman–Crippen LogP) is 3.72. The molecule has 0 nitrogen and oxygen atoms in total. The molecule has 0 aromatic heterocycles. The Hall–Kier alpha value is -1.18. The molecule has 76 valence electrons. The van der Waals surface area contributed by atoms with Gasteiger partial charge in [-0.1, -0.05) is 25.1 Å². The van der Waals surface area contributed by atoms with Crippen LogP contribution in [-0.4, -0.2) is 0 Å². The van der Waals surface area contributed by atoms with Crippen LogP contribution in [0, 0.1) is 17.6 Å². The van der Waals surface area contributed by atoms with Crippen molar-refractivity contribution in [2.75, 3.05) is 0 Å². The summed E-state index contributed by atoms with van der Waals surface area (Å²) in [4.78, 5) is 0. The van der Waals surface area contributed by atoms with E-state index in [2.05, 4.69) is 0 Å². The lowest BCUT2D eigenvalue weighted by Crippen LogP contribution is -2.01. The molecular weight excluding hydrogens is 182 g/mol. The Morgan fingerprint density at radius 3 is 2.36 bits per heavy atom. The molecule has 0 bridgehead atoms. The van der Waals surface area contributed by atoms with Crippen LogP contribution in [0.4, 0.5) is 8.78 Å². The zero-order valence-electron chi connectivity index (χ0n) is 8.43. The molecule has 0 amide bonds. The van der Waals surface area contributed by atoms with Gasteiger partial charge in [0.05, 0.1) is 0 Å². The normalized spacial score (nSPS) is 13.4. The van der Waals surface area contributed by atoms with Crippen molar-refractivity contribution < 1.29 is 8.78 Å². The Morgan fingerprint density at radius 2 is 1.86 bits per heavy atom. The summed E-state index contributed by atoms with van der Waals surface area (Å²) in [7, 11) is 0. The molecule has 1 rings (SSSR count). The van der Waals surface area contributed by atoms with Crippen LogP contribution >= 0.6 is 0 Å². The third-order valence-electron chi connectivity index (χ3n) is 2.11. The first-order chi connectivity index (χ1) is 6.65. The molecule has 0 N–H and O–H groups in total. The molecule has 1 aromatic carbocycles. The molecule has 0 fully saturated rings. The Kier molecular flexibility index (Phi) is 3.81. The zero-order chi connectivity index (χ0) is 10.6. The number of halogens is 2. The lowest BCUT2D eigenvalue weighted by molar-refractivity contribution is 0.538. The van der Waals surface area contributed by atoms with Crippen LogP contribution in [0.5, 0.6) is 0 Å². The van der Waals surface area contributed by atoms with Crippen LogP contribution < -0.4 is 0 Å². The molecule has 1 atom stereocenters. The highest BCUT2D eigenvalue weighted by Crippen LogP contribution is 2.17. The van der Waals surface area contributed by atoms with Crippen molar-refractivity contribution in [1.82, 2.24) is 0 Å². The Labute approximate surface area is 83.3 Å². The lowest BCUT2D eigenvalue weighted by atomic mass is 10.00. The molecule has 0 aliphatic carbocycles. The fourth-order valence-electron chi connectivity index (χ4n) is 1.45. The molecule has 0 aliphatic heterocycles. The van der Waals surface area contributed by atoms with E-state index in [1.807, 2.05) is 26.0 Å². The second kappa shape index (κ2) is 4.89. The lowest BCUT2D eigenvalue weighted by Gasteiger charge is -2.08. The Morgan fingerprint density at radius 1 is 1.29 bits per heavy atom. The number of benzene rings is 1. The van der Waals surface area contributed by atoms with Gasteiger partial charge in [-0.3, -0.25) is 0 Å². The smallest absolute Gasteiger partial charge is 0.129 e. The van der Waals surface area contributed by atoms with Crippen LogP contribution in [0.2, 0.25) is 0 Å². The molecule has 0 aliphatic rings. The molecule has 0 saturated carbocycles. The first-order valence-electron chi connectivity index (χ1n) is 4.71. The molecule has 1 aromatic rings. The van der Waals surface area contributed by atoms with E-state index in [1.54, 1.807) is 0 Å². The van der Waals surface area contributed by atoms with Gasteiger partial charge < -0.3 is 0 Å². The Balaban J connectivity index is 2.85. The summed E-state index contributed by atoms with van der Waals surface area (Å²) in [6, 6.07) is 3.97. The van der Waals surface area contributed by atoms with Gasteiger partial charge in [0, 0.05) is 5.56 Å². The molecule has 0 radical (unpaired) electrons. The molecule has 0 heterocycles. The average Bonchev–Trinajstić information content (AvgIpc) is 2.12. The zero-order valence-corrected chi connectivity index (χ0v) is 8.43. The van der Waals surface area contributed by atoms with Crippen molar-refractivity contribution in [2.45, 2.75) is 20.3 Å². The first-order valence-corrected chi connectivity index (χ1v) is 4.71. The van der Waals surface area contributed by atoms with Gasteiger partial charge in [-0.15, -0.1) is 0 Å². The summed E-state index contributed by atoms with van der Waals surface area (Å²) in [5.74, 6) is -0.755. The monoisotopic (exact) mass is 196 g/mol. The topological polar surface area (TPSA) is 0 Å². The third kappa shape index (κ3) is 2.66. The van der Waals surface area contributed by atoms with E-state index in [0.717, 1.165) is 0 Å². The van der Waals surface area contributed by atoms with Gasteiger partial charge >= 0.3 is 0 Å². The predicted molar refractivity (Wildman–Crippen MR) is 54.0 cm³/mol. The second-order valence-electron chi connectivity index (χ2n) is 3.41. The van der Waals surface area contributed by atoms with Crippen molar-refractivity contribution >= 4 is 0 Å². The van der Waals surface area contributed by atoms with Gasteiger partial charge in [0.1, 0.15) is 11.6 Å². The molecule has 2 heteroatoms. The third-order valence-corrected chi connectivity index (χ3v) is 2.11. The van der Waals surface area contributed by atoms with Crippen molar-refractivity contribution in [3.8, 4) is 0 Å². The standard InChI is InChI=1S/C12H14F2/c1-3-5-9(2)8-10-11(13)6-4-7-12(10)14/h3-7,9H,8H2,1-2H3/b5-3+. The van der Waals surface area contributed by atoms with E-state index in [9.17, 15) is 8.78 Å². The Bertz CT molecular complexity index is 309. The largest absolute Gasteiger partial charge is 0.207 e. The van der Waals surface area contributed by atoms with Gasteiger partial charge in [-0.05, 0) is 31.4 Å². The summed E-state index contributed by atoms with van der Waals surface area (Å²) in [5.41, 5.74) is 0.179. The van der Waals surface area contributed by atoms with Gasteiger partial charge in [0.25, 0.3) is 0 Å². The summed E-state index contributed by atoms with van der Waals surface area (Å²) >= 11 is 0. The van der Waals surface area contributed by atoms with E-state index >= 15 is 0 Å². The highest BCUT2D eigenvalue weighted by Gasteiger charge is 2.10. The summed E-state index contributed by atoms with van der Waals surface area (Å²) in [6.07, 6.45) is 4.23. The minimum atomic E-state index is -0.457. The molecule has 1 unspecified atom stereocenters. The molecule has 0 saturated heterocycles. The first kappa shape index (κ1) is 10.9. The van der Waals surface area contributed by atoms with E-state index in [4.69, 9.17) is 0 Å². The highest BCUT2D eigenvalue weighted by atomic mass is 19.1. The van der Waals surface area contributed by atoms with Crippen LogP contribution in [-0.2, 0) is 6.42 Å². The minimum absolute atomic E-state index is 0.159. The summed E-state index contributed by atoms with van der Waals surface area (Å²) in [6.45, 7) is 3.83. The van der Waals surface area contributed by atoms with E-state index in [-0.39, 0.29) is 11.5 Å².